The van der Waals surface area contributed by atoms with Gasteiger partial charge >= 0.3 is 0 Å². The molecule has 0 aliphatic carbocycles. The molecule has 1 aromatic heterocycles. The Morgan fingerprint density at radius 3 is 2.58 bits per heavy atom. The highest BCUT2D eigenvalue weighted by Gasteiger charge is 2.39. The van der Waals surface area contributed by atoms with Crippen molar-refractivity contribution in [3.63, 3.8) is 0 Å². The molecule has 0 atom stereocenters. The monoisotopic (exact) mass is 574 g/mol. The van der Waals surface area contributed by atoms with Gasteiger partial charge in [0.1, 0.15) is 10.7 Å². The normalized spacial score (nSPS) is 13.2. The number of amides is 3. The molecule has 3 N–H and O–H groups in total. The van der Waals surface area contributed by atoms with Gasteiger partial charge in [-0.1, -0.05) is 47.5 Å². The van der Waals surface area contributed by atoms with Crippen LogP contribution in [0, 0.1) is 19.1 Å². The molecule has 0 unspecified atom stereocenters. The van der Waals surface area contributed by atoms with E-state index < -0.39 is 17.7 Å². The number of thiazole rings is 1. The lowest BCUT2D eigenvalue weighted by molar-refractivity contribution is -0.120. The van der Waals surface area contributed by atoms with Crippen LogP contribution in [0.2, 0.25) is 0 Å². The van der Waals surface area contributed by atoms with Crippen molar-refractivity contribution < 1.29 is 19.6 Å². The Bertz CT molecular complexity index is 1700. The first-order valence-electron chi connectivity index (χ1n) is 11.9. The van der Waals surface area contributed by atoms with E-state index in [1.54, 1.807) is 41.8 Å². The molecule has 1 aliphatic heterocycles. The molecule has 12 heteroatoms. The minimum Gasteiger partial charge on any atom is -0.733 e. The van der Waals surface area contributed by atoms with Crippen molar-refractivity contribution in [1.82, 2.24) is 4.98 Å². The van der Waals surface area contributed by atoms with Crippen molar-refractivity contribution in [3.8, 4) is 11.3 Å². The van der Waals surface area contributed by atoms with Gasteiger partial charge in [-0.25, -0.2) is 9.88 Å². The number of benzene rings is 3. The minimum absolute atomic E-state index is 0.0511. The Hall–Kier alpha value is -4.55. The fourth-order valence-corrected chi connectivity index (χ4v) is 5.11. The van der Waals surface area contributed by atoms with E-state index in [1.807, 2.05) is 26.0 Å². The molecular weight excluding hydrogens is 554 g/mol. The van der Waals surface area contributed by atoms with Gasteiger partial charge in [0.25, 0.3) is 17.7 Å². The van der Waals surface area contributed by atoms with Crippen LogP contribution >= 0.6 is 22.9 Å². The molecule has 0 saturated heterocycles. The summed E-state index contributed by atoms with van der Waals surface area (Å²) in [5.74, 6) is -1.69. The largest absolute Gasteiger partial charge is 0.733 e. The number of anilines is 4. The molecule has 3 amide bonds. The van der Waals surface area contributed by atoms with Crippen molar-refractivity contribution in [1.29, 1.82) is 0 Å². The third-order valence-electron chi connectivity index (χ3n) is 6.10. The third kappa shape index (κ3) is 5.31. The smallest absolute Gasteiger partial charge is 0.283 e. The van der Waals surface area contributed by atoms with Gasteiger partial charge in [0.2, 0.25) is 0 Å². The number of rotatable bonds is 7. The highest BCUT2D eigenvalue weighted by atomic mass is 35.5. The number of carbonyl (C=O) groups excluding carboxylic acids is 3. The maximum Gasteiger partial charge on any atom is 0.283 e. The Labute approximate surface area is 237 Å². The molecule has 2 heterocycles. The molecule has 0 bridgehead atoms. The number of halogens is 1. The standard InChI is InChI=1S/C28H21ClN5O5S/c1-15-9-10-22(16(2)11-15)33-26(36)23(29)24(27(33)37)30-19-7-3-6-18(12-19)25(35)32-28-31-21(14-40-28)17-5-4-8-20(13-17)34(38)39/h3-14,30,38H,1-2H3,(H,31,32,35)/q-1. The average Bonchev–Trinajstić information content (AvgIpc) is 3.48. The maximum absolute atomic E-state index is 13.2. The second kappa shape index (κ2) is 10.9. The van der Waals surface area contributed by atoms with Crippen LogP contribution in [-0.4, -0.2) is 27.9 Å². The summed E-state index contributed by atoms with van der Waals surface area (Å²) >= 11 is 7.46. The van der Waals surface area contributed by atoms with Crippen molar-refractivity contribution in [2.24, 2.45) is 0 Å². The van der Waals surface area contributed by atoms with Gasteiger partial charge in [-0.2, -0.15) is 0 Å². The van der Waals surface area contributed by atoms with Crippen LogP contribution in [0.15, 0.2) is 82.8 Å². The summed E-state index contributed by atoms with van der Waals surface area (Å²) in [6.07, 6.45) is 0. The summed E-state index contributed by atoms with van der Waals surface area (Å²) in [5, 5.41) is 27.5. The third-order valence-corrected chi connectivity index (χ3v) is 7.21. The van der Waals surface area contributed by atoms with E-state index in [0.717, 1.165) is 16.0 Å². The second-order valence-electron chi connectivity index (χ2n) is 8.95. The Morgan fingerprint density at radius 1 is 1.05 bits per heavy atom. The van der Waals surface area contributed by atoms with E-state index >= 15 is 0 Å². The maximum atomic E-state index is 13.2. The van der Waals surface area contributed by atoms with Gasteiger partial charge < -0.3 is 15.8 Å². The van der Waals surface area contributed by atoms with E-state index in [4.69, 9.17) is 16.8 Å². The first-order valence-corrected chi connectivity index (χ1v) is 13.1. The molecule has 0 spiro atoms. The number of carbonyl (C=O) groups is 3. The quantitative estimate of drug-likeness (QED) is 0.186. The van der Waals surface area contributed by atoms with Gasteiger partial charge in [0.05, 0.1) is 17.1 Å². The van der Waals surface area contributed by atoms with Crippen LogP contribution in [0.4, 0.5) is 22.2 Å². The summed E-state index contributed by atoms with van der Waals surface area (Å²) in [5.41, 5.74) is 3.91. The van der Waals surface area contributed by atoms with Crippen molar-refractivity contribution >= 4 is 62.9 Å². The molecule has 3 aromatic carbocycles. The minimum atomic E-state index is -0.637. The molecule has 5 rings (SSSR count). The number of nitrogens with zero attached hydrogens (tertiary/aromatic N) is 3. The van der Waals surface area contributed by atoms with E-state index in [9.17, 15) is 19.6 Å². The predicted octanol–water partition coefficient (Wildman–Crippen LogP) is 5.81. The summed E-state index contributed by atoms with van der Waals surface area (Å²) in [6, 6.07) is 18.0. The predicted molar refractivity (Wildman–Crippen MR) is 154 cm³/mol. The van der Waals surface area contributed by atoms with Gasteiger partial charge in [-0.3, -0.25) is 24.9 Å². The Morgan fingerprint density at radius 2 is 1.82 bits per heavy atom. The van der Waals surface area contributed by atoms with E-state index in [2.05, 4.69) is 15.6 Å². The van der Waals surface area contributed by atoms with Gasteiger partial charge in [-0.15, -0.1) is 11.3 Å². The van der Waals surface area contributed by atoms with Crippen LogP contribution in [-0.2, 0) is 9.59 Å². The van der Waals surface area contributed by atoms with Gasteiger partial charge in [-0.05, 0) is 55.8 Å². The first-order chi connectivity index (χ1) is 19.1. The SMILES string of the molecule is Cc1ccc(N2C(=O)C(Cl)=C(Nc3cccc(C(=O)Nc4nc(-c5cccc(N([O-])O)c5)cs4)c3)C2=O)c(C)c1. The van der Waals surface area contributed by atoms with Crippen molar-refractivity contribution in [2.45, 2.75) is 13.8 Å². The van der Waals surface area contributed by atoms with Crippen LogP contribution in [0.25, 0.3) is 11.3 Å². The molecule has 0 fully saturated rings. The van der Waals surface area contributed by atoms with Crippen LogP contribution in [0.1, 0.15) is 21.5 Å². The molecule has 0 radical (unpaired) electrons. The lowest BCUT2D eigenvalue weighted by Gasteiger charge is -2.21. The number of imide groups is 1. The molecule has 10 nitrogen and oxygen atoms in total. The first kappa shape index (κ1) is 27.0. The molecular formula is C28H21ClN5O5S-. The van der Waals surface area contributed by atoms with E-state index in [1.165, 1.54) is 29.5 Å². The summed E-state index contributed by atoms with van der Waals surface area (Å²) in [6.45, 7) is 3.72. The zero-order chi connectivity index (χ0) is 28.6. The highest BCUT2D eigenvalue weighted by molar-refractivity contribution is 7.14. The topological polar surface area (TPSA) is 138 Å². The lowest BCUT2D eigenvalue weighted by Crippen LogP contribution is -2.32. The Kier molecular flexibility index (Phi) is 7.37. The van der Waals surface area contributed by atoms with Crippen molar-refractivity contribution in [3.05, 3.63) is 105 Å². The molecule has 40 heavy (non-hydrogen) atoms. The highest BCUT2D eigenvalue weighted by Crippen LogP contribution is 2.33. The van der Waals surface area contributed by atoms with Crippen LogP contribution < -0.4 is 20.8 Å². The van der Waals surface area contributed by atoms with Gasteiger partial charge in [0, 0.05) is 22.2 Å². The molecule has 4 aromatic rings. The fourth-order valence-electron chi connectivity index (χ4n) is 4.19. The van der Waals surface area contributed by atoms with E-state index in [-0.39, 0.29) is 27.2 Å². The number of aryl methyl sites for hydroxylation is 2. The van der Waals surface area contributed by atoms with E-state index in [0.29, 0.717) is 27.8 Å². The summed E-state index contributed by atoms with van der Waals surface area (Å²) in [4.78, 5) is 44.4. The van der Waals surface area contributed by atoms with Crippen LogP contribution in [0.5, 0.6) is 0 Å². The molecule has 202 valence electrons. The fraction of sp³-hybridized carbons (Fsp3) is 0.0714. The van der Waals surface area contributed by atoms with Crippen molar-refractivity contribution in [2.75, 3.05) is 20.8 Å². The molecule has 1 aliphatic rings. The number of aromatic nitrogens is 1. The average molecular weight is 575 g/mol. The zero-order valence-corrected chi connectivity index (χ0v) is 22.7. The molecule has 0 saturated carbocycles. The lowest BCUT2D eigenvalue weighted by atomic mass is 10.1. The summed E-state index contributed by atoms with van der Waals surface area (Å²) in [7, 11) is 0. The number of hydrogen-bond donors (Lipinski definition) is 3. The van der Waals surface area contributed by atoms with Crippen LogP contribution in [0.3, 0.4) is 0 Å². The van der Waals surface area contributed by atoms with Gasteiger partial charge in [0.15, 0.2) is 5.13 Å². The number of hydrogen-bond acceptors (Lipinski definition) is 9. The number of nitrogens with one attached hydrogen (secondary N) is 2. The Balaban J connectivity index is 1.31. The summed E-state index contributed by atoms with van der Waals surface area (Å²) < 4.78 is 0. The zero-order valence-electron chi connectivity index (χ0n) is 21.1. The second-order valence-corrected chi connectivity index (χ2v) is 10.2.